The number of piperidine rings is 1. The third-order valence-corrected chi connectivity index (χ3v) is 7.92. The number of thiazole rings is 1. The fourth-order valence-electron chi connectivity index (χ4n) is 5.04. The summed E-state index contributed by atoms with van der Waals surface area (Å²) in [6, 6.07) is 8.22. The first-order valence-electron chi connectivity index (χ1n) is 14.0. The van der Waals surface area contributed by atoms with Gasteiger partial charge in [-0.15, -0.1) is 11.3 Å². The monoisotopic (exact) mass is 608 g/mol. The van der Waals surface area contributed by atoms with Crippen LogP contribution in [-0.2, 0) is 0 Å². The summed E-state index contributed by atoms with van der Waals surface area (Å²) in [5.41, 5.74) is 1.82. The molecule has 4 aromatic rings. The minimum atomic E-state index is -2.70. The zero-order valence-corrected chi connectivity index (χ0v) is 24.9. The Hall–Kier alpha value is -4.25. The third kappa shape index (κ3) is 6.41. The van der Waals surface area contributed by atoms with Crippen molar-refractivity contribution >= 4 is 23.3 Å². The van der Waals surface area contributed by atoms with E-state index in [0.717, 1.165) is 24.8 Å². The fourth-order valence-corrected chi connectivity index (χ4v) is 5.87. The molecule has 7 nitrogen and oxygen atoms in total. The van der Waals surface area contributed by atoms with E-state index in [1.165, 1.54) is 52.4 Å². The van der Waals surface area contributed by atoms with Crippen molar-refractivity contribution in [2.45, 2.75) is 46.5 Å². The molecule has 11 heteroatoms. The highest BCUT2D eigenvalue weighted by Crippen LogP contribution is 2.33. The molecule has 1 aliphatic rings. The summed E-state index contributed by atoms with van der Waals surface area (Å²) in [5.74, 6) is -0.521. The Bertz CT molecular complexity index is 1720. The van der Waals surface area contributed by atoms with Gasteiger partial charge in [-0.3, -0.25) is 19.1 Å². The molecule has 3 aromatic heterocycles. The van der Waals surface area contributed by atoms with Gasteiger partial charge >= 0.3 is 0 Å². The summed E-state index contributed by atoms with van der Waals surface area (Å²) < 4.78 is 47.9. The van der Waals surface area contributed by atoms with Gasteiger partial charge in [0.1, 0.15) is 22.3 Å². The lowest BCUT2D eigenvalue weighted by Gasteiger charge is -2.28. The van der Waals surface area contributed by atoms with Crippen LogP contribution in [0.15, 0.2) is 58.3 Å². The Kier molecular flexibility index (Phi) is 9.10. The summed E-state index contributed by atoms with van der Waals surface area (Å²) in [7, 11) is 0. The number of likely N-dealkylation sites (tertiary alicyclic amines) is 1. The smallest absolute Gasteiger partial charge is 0.280 e. The van der Waals surface area contributed by atoms with Gasteiger partial charge in [-0.05, 0) is 76.4 Å². The van der Waals surface area contributed by atoms with E-state index in [2.05, 4.69) is 9.97 Å². The molecule has 5 rings (SSSR count). The number of alkyl halides is 2. The van der Waals surface area contributed by atoms with Crippen LogP contribution in [0, 0.1) is 5.82 Å². The van der Waals surface area contributed by atoms with E-state index in [9.17, 15) is 22.8 Å². The molecule has 0 unspecified atom stereocenters. The van der Waals surface area contributed by atoms with Gasteiger partial charge in [0.05, 0.1) is 34.8 Å². The van der Waals surface area contributed by atoms with Crippen molar-refractivity contribution in [3.8, 4) is 33.3 Å². The number of hydrogen-bond donors (Lipinski definition) is 0. The van der Waals surface area contributed by atoms with Gasteiger partial charge in [0, 0.05) is 36.3 Å². The Labute approximate surface area is 251 Å². The quantitative estimate of drug-likeness (QED) is 0.207. The lowest BCUT2D eigenvalue weighted by Crippen LogP contribution is -2.37. The number of pyridine rings is 2. The number of carbonyl (C=O) groups excluding carboxylic acids is 1. The predicted octanol–water partition coefficient (Wildman–Crippen LogP) is 7.55. The molecular weight excluding hydrogens is 577 g/mol. The Morgan fingerprint density at radius 2 is 1.88 bits per heavy atom. The van der Waals surface area contributed by atoms with E-state index >= 15 is 0 Å². The van der Waals surface area contributed by atoms with Crippen LogP contribution < -0.4 is 10.3 Å². The average Bonchev–Trinajstić information content (AvgIpc) is 3.48. The standard InChI is InChI=1S/C32H31F3N4O3S/c1-4-42-28-11-9-21(33)15-27(28)39-26(14-19(2)3)22(31(40)38-12-6-5-7-13-38)16-23(32(39)41)30-37-25(18-43-30)20-8-10-24(29(34)35)36-17-20/h8-11,14-18,29H,4-7,12-13H2,1-3H3. The van der Waals surface area contributed by atoms with Crippen LogP contribution in [0.5, 0.6) is 5.75 Å². The molecule has 0 aliphatic carbocycles. The highest BCUT2D eigenvalue weighted by molar-refractivity contribution is 7.13. The fraction of sp³-hybridized carbons (Fsp3) is 0.312. The molecule has 0 bridgehead atoms. The first-order valence-corrected chi connectivity index (χ1v) is 14.9. The molecule has 1 saturated heterocycles. The van der Waals surface area contributed by atoms with Gasteiger partial charge in [-0.25, -0.2) is 18.2 Å². The number of allylic oxidation sites excluding steroid dienone is 1. The van der Waals surface area contributed by atoms with Crippen LogP contribution >= 0.6 is 11.3 Å². The molecule has 0 atom stereocenters. The van der Waals surface area contributed by atoms with Gasteiger partial charge < -0.3 is 9.64 Å². The van der Waals surface area contributed by atoms with E-state index in [0.29, 0.717) is 35.0 Å². The van der Waals surface area contributed by atoms with Crippen molar-refractivity contribution in [2.75, 3.05) is 19.7 Å². The normalized spacial score (nSPS) is 13.3. The number of benzene rings is 1. The van der Waals surface area contributed by atoms with Gasteiger partial charge in [-0.1, -0.05) is 5.57 Å². The van der Waals surface area contributed by atoms with E-state index in [1.807, 2.05) is 13.8 Å². The maximum atomic E-state index is 14.7. The van der Waals surface area contributed by atoms with E-state index in [1.54, 1.807) is 29.3 Å². The van der Waals surface area contributed by atoms with Crippen LogP contribution in [0.3, 0.4) is 0 Å². The number of halogens is 3. The lowest BCUT2D eigenvalue weighted by molar-refractivity contribution is 0.0723. The SMILES string of the molecule is CCOc1ccc(F)cc1-n1c(C=C(C)C)c(C(=O)N2CCCCC2)cc(-c2nc(-c3ccc(C(F)F)nc3)cs2)c1=O. The Morgan fingerprint density at radius 1 is 1.12 bits per heavy atom. The minimum Gasteiger partial charge on any atom is -0.492 e. The molecule has 1 aromatic carbocycles. The Morgan fingerprint density at radius 3 is 2.53 bits per heavy atom. The molecule has 43 heavy (non-hydrogen) atoms. The van der Waals surface area contributed by atoms with E-state index in [4.69, 9.17) is 4.74 Å². The van der Waals surface area contributed by atoms with Crippen molar-refractivity contribution in [2.24, 2.45) is 0 Å². The predicted molar refractivity (Wildman–Crippen MR) is 162 cm³/mol. The largest absolute Gasteiger partial charge is 0.492 e. The third-order valence-electron chi connectivity index (χ3n) is 7.04. The van der Waals surface area contributed by atoms with Crippen LogP contribution in [0.4, 0.5) is 13.2 Å². The molecule has 0 N–H and O–H groups in total. The molecule has 1 fully saturated rings. The second-order valence-corrected chi connectivity index (χ2v) is 11.3. The van der Waals surface area contributed by atoms with Crippen molar-refractivity contribution in [3.63, 3.8) is 0 Å². The highest BCUT2D eigenvalue weighted by Gasteiger charge is 2.27. The summed E-state index contributed by atoms with van der Waals surface area (Å²) >= 11 is 1.17. The molecule has 1 amide bonds. The summed E-state index contributed by atoms with van der Waals surface area (Å²) in [6.45, 7) is 6.96. The summed E-state index contributed by atoms with van der Waals surface area (Å²) in [6.07, 6.45) is 3.14. The van der Waals surface area contributed by atoms with Crippen LogP contribution in [0.1, 0.15) is 68.2 Å². The van der Waals surface area contributed by atoms with Gasteiger partial charge in [0.25, 0.3) is 17.9 Å². The van der Waals surface area contributed by atoms with Gasteiger partial charge in [0.15, 0.2) is 0 Å². The molecule has 1 aliphatic heterocycles. The van der Waals surface area contributed by atoms with Crippen LogP contribution in [-0.4, -0.2) is 45.0 Å². The zero-order chi connectivity index (χ0) is 30.7. The van der Waals surface area contributed by atoms with Crippen molar-refractivity contribution in [1.82, 2.24) is 19.4 Å². The Balaban J connectivity index is 1.76. The maximum Gasteiger partial charge on any atom is 0.280 e. The van der Waals surface area contributed by atoms with E-state index < -0.39 is 17.8 Å². The maximum absolute atomic E-state index is 14.7. The first-order chi connectivity index (χ1) is 20.7. The highest BCUT2D eigenvalue weighted by atomic mass is 32.1. The lowest BCUT2D eigenvalue weighted by atomic mass is 10.0. The number of hydrogen-bond acceptors (Lipinski definition) is 6. The average molecular weight is 609 g/mol. The number of carbonyl (C=O) groups is 1. The van der Waals surface area contributed by atoms with Crippen molar-refractivity contribution in [1.29, 1.82) is 0 Å². The van der Waals surface area contributed by atoms with Crippen LogP contribution in [0.25, 0.3) is 33.6 Å². The van der Waals surface area contributed by atoms with Crippen molar-refractivity contribution < 1.29 is 22.7 Å². The van der Waals surface area contributed by atoms with Gasteiger partial charge in [0.2, 0.25) is 0 Å². The van der Waals surface area contributed by atoms with E-state index in [-0.39, 0.29) is 40.8 Å². The number of amides is 1. The molecule has 0 radical (unpaired) electrons. The number of nitrogens with zero attached hydrogens (tertiary/aromatic N) is 4. The second-order valence-electron chi connectivity index (χ2n) is 10.4. The van der Waals surface area contributed by atoms with Crippen LogP contribution in [0.2, 0.25) is 0 Å². The zero-order valence-electron chi connectivity index (χ0n) is 24.1. The molecule has 0 spiro atoms. The minimum absolute atomic E-state index is 0.145. The molecule has 0 saturated carbocycles. The number of ether oxygens (including phenoxy) is 1. The van der Waals surface area contributed by atoms with Gasteiger partial charge in [-0.2, -0.15) is 0 Å². The van der Waals surface area contributed by atoms with Crippen molar-refractivity contribution in [3.05, 3.63) is 86.7 Å². The molecular formula is C32H31F3N4O3S. The summed E-state index contributed by atoms with van der Waals surface area (Å²) in [4.78, 5) is 38.6. The number of aromatic nitrogens is 3. The summed E-state index contributed by atoms with van der Waals surface area (Å²) in [5, 5.41) is 2.01. The molecule has 224 valence electrons. The second kappa shape index (κ2) is 12.9. The number of rotatable bonds is 8. The molecule has 4 heterocycles. The first kappa shape index (κ1) is 30.2. The topological polar surface area (TPSA) is 77.3 Å².